The molecule has 0 saturated carbocycles. The number of nitrogens with zero attached hydrogens (tertiary/aromatic N) is 2. The molecule has 3 aromatic carbocycles. The third-order valence-electron chi connectivity index (χ3n) is 6.42. The van der Waals surface area contributed by atoms with Crippen molar-refractivity contribution in [1.82, 2.24) is 20.4 Å². The summed E-state index contributed by atoms with van der Waals surface area (Å²) < 4.78 is 68.0. The lowest BCUT2D eigenvalue weighted by molar-refractivity contribution is -0.126. The smallest absolute Gasteiger partial charge is 0.263 e. The second-order valence-corrected chi connectivity index (χ2v) is 10.8. The minimum absolute atomic E-state index is 0.0252. The molecule has 1 saturated heterocycles. The number of carbonyl (C=O) groups excluding carboxylic acids is 1. The van der Waals surface area contributed by atoms with E-state index in [0.29, 0.717) is 49.0 Å². The minimum atomic E-state index is -4.30. The number of hydrogen-bond acceptors (Lipinski definition) is 7. The van der Waals surface area contributed by atoms with Crippen LogP contribution in [-0.2, 0) is 32.6 Å². The molecular formula is C27H27F2N5O5S. The molecule has 1 aliphatic heterocycles. The van der Waals surface area contributed by atoms with Crippen LogP contribution in [0.4, 0.5) is 14.6 Å². The lowest BCUT2D eigenvalue weighted by Gasteiger charge is -2.22. The molecule has 1 aliphatic rings. The van der Waals surface area contributed by atoms with Gasteiger partial charge in [0.1, 0.15) is 11.8 Å². The number of ether oxygens (including phenoxy) is 2. The molecule has 0 unspecified atom stereocenters. The Hall–Kier alpha value is -4.07. The van der Waals surface area contributed by atoms with Crippen LogP contribution in [0.3, 0.4) is 0 Å². The third-order valence-corrected chi connectivity index (χ3v) is 7.76. The van der Waals surface area contributed by atoms with Crippen molar-refractivity contribution in [2.45, 2.75) is 24.0 Å². The first-order chi connectivity index (χ1) is 19.2. The average molecular weight is 572 g/mol. The van der Waals surface area contributed by atoms with Crippen LogP contribution in [0, 0.1) is 11.6 Å². The Morgan fingerprint density at radius 2 is 1.93 bits per heavy atom. The van der Waals surface area contributed by atoms with Crippen molar-refractivity contribution in [3.05, 3.63) is 83.4 Å². The van der Waals surface area contributed by atoms with Crippen LogP contribution in [0.1, 0.15) is 11.1 Å². The highest BCUT2D eigenvalue weighted by Gasteiger charge is 2.23. The Morgan fingerprint density at radius 1 is 1.12 bits per heavy atom. The predicted octanol–water partition coefficient (Wildman–Crippen LogP) is 2.78. The molecule has 4 aromatic rings. The average Bonchev–Trinajstić information content (AvgIpc) is 3.30. The zero-order valence-electron chi connectivity index (χ0n) is 21.5. The van der Waals surface area contributed by atoms with E-state index in [2.05, 4.69) is 20.5 Å². The first-order valence-corrected chi connectivity index (χ1v) is 13.9. The van der Waals surface area contributed by atoms with Gasteiger partial charge in [-0.15, -0.1) is 0 Å². The number of benzene rings is 3. The first-order valence-electron chi connectivity index (χ1n) is 12.4. The maximum absolute atomic E-state index is 13.8. The van der Waals surface area contributed by atoms with Crippen molar-refractivity contribution in [3.63, 3.8) is 0 Å². The quantitative estimate of drug-likeness (QED) is 0.282. The molecule has 2 heterocycles. The second kappa shape index (κ2) is 11.6. The number of halogens is 2. The third kappa shape index (κ3) is 5.91. The van der Waals surface area contributed by atoms with Gasteiger partial charge >= 0.3 is 0 Å². The van der Waals surface area contributed by atoms with E-state index in [1.54, 1.807) is 22.9 Å². The summed E-state index contributed by atoms with van der Waals surface area (Å²) in [5.74, 6) is -2.23. The number of morpholine rings is 1. The fourth-order valence-electron chi connectivity index (χ4n) is 4.45. The number of rotatable bonds is 9. The Balaban J connectivity index is 1.40. The zero-order valence-corrected chi connectivity index (χ0v) is 22.3. The van der Waals surface area contributed by atoms with Crippen LogP contribution < -0.4 is 20.1 Å². The van der Waals surface area contributed by atoms with Crippen molar-refractivity contribution in [1.29, 1.82) is 0 Å². The number of amides is 1. The van der Waals surface area contributed by atoms with Crippen molar-refractivity contribution in [2.75, 3.05) is 31.6 Å². The fraction of sp³-hybridized carbons (Fsp3) is 0.259. The number of carbonyl (C=O) groups is 1. The fourth-order valence-corrected chi connectivity index (χ4v) is 5.47. The molecule has 210 valence electrons. The molecule has 0 spiro atoms. The van der Waals surface area contributed by atoms with E-state index in [9.17, 15) is 22.0 Å². The molecule has 1 fully saturated rings. The summed E-state index contributed by atoms with van der Waals surface area (Å²) in [4.78, 5) is 12.0. The number of hydrogen-bond donors (Lipinski definition) is 3. The van der Waals surface area contributed by atoms with Gasteiger partial charge in [-0.2, -0.15) is 5.10 Å². The summed E-state index contributed by atoms with van der Waals surface area (Å²) in [6.45, 7) is 2.11. The molecule has 5 rings (SSSR count). The van der Waals surface area contributed by atoms with Crippen LogP contribution in [0.25, 0.3) is 10.9 Å². The van der Waals surface area contributed by atoms with Gasteiger partial charge in [-0.25, -0.2) is 17.2 Å². The van der Waals surface area contributed by atoms with Gasteiger partial charge in [0.25, 0.3) is 10.0 Å². The first kappa shape index (κ1) is 27.5. The number of aromatic nitrogens is 2. The second-order valence-electron chi connectivity index (χ2n) is 9.16. The van der Waals surface area contributed by atoms with E-state index in [-0.39, 0.29) is 18.3 Å². The number of methoxy groups -OCH3 is 1. The van der Waals surface area contributed by atoms with E-state index < -0.39 is 32.6 Å². The predicted molar refractivity (Wildman–Crippen MR) is 143 cm³/mol. The number of fused-ring (bicyclic) bond motifs is 1. The lowest BCUT2D eigenvalue weighted by atomic mass is 10.1. The van der Waals surface area contributed by atoms with Gasteiger partial charge in [0, 0.05) is 13.1 Å². The van der Waals surface area contributed by atoms with Gasteiger partial charge in [-0.1, -0.05) is 30.3 Å². The monoisotopic (exact) mass is 571 g/mol. The molecule has 1 amide bonds. The number of nitrogens with one attached hydrogen (secondary N) is 3. The molecule has 40 heavy (non-hydrogen) atoms. The van der Waals surface area contributed by atoms with Gasteiger partial charge in [0.2, 0.25) is 5.91 Å². The van der Waals surface area contributed by atoms with Crippen molar-refractivity contribution in [3.8, 4) is 5.75 Å². The summed E-state index contributed by atoms with van der Waals surface area (Å²) in [5, 5.41) is 10.9. The normalized spacial score (nSPS) is 15.6. The summed E-state index contributed by atoms with van der Waals surface area (Å²) in [6, 6.07) is 14.7. The minimum Gasteiger partial charge on any atom is -0.496 e. The Kier molecular flexibility index (Phi) is 7.96. The summed E-state index contributed by atoms with van der Waals surface area (Å²) >= 11 is 0. The Bertz CT molecular complexity index is 1650. The van der Waals surface area contributed by atoms with E-state index in [0.717, 1.165) is 23.3 Å². The number of sulfonamides is 1. The molecular weight excluding hydrogens is 544 g/mol. The lowest BCUT2D eigenvalue weighted by Crippen LogP contribution is -2.51. The molecule has 3 N–H and O–H groups in total. The van der Waals surface area contributed by atoms with Crippen molar-refractivity contribution >= 4 is 32.7 Å². The summed E-state index contributed by atoms with van der Waals surface area (Å²) in [6.07, 6.45) is 0. The van der Waals surface area contributed by atoms with Crippen molar-refractivity contribution < 1.29 is 31.5 Å². The van der Waals surface area contributed by atoms with Crippen LogP contribution in [0.15, 0.2) is 65.6 Å². The van der Waals surface area contributed by atoms with Crippen LogP contribution in [0.5, 0.6) is 5.75 Å². The standard InChI is InChI=1S/C27H27F2N5O5S/c1-38-24-7-3-6-23-25(24)26(33-40(36,37)19-8-9-20(28)21(29)13-19)32-34(23)15-18-5-2-4-17(12-18)14-31-27(35)22-16-39-11-10-30-22/h2-9,12-13,22,30H,10-11,14-16H2,1H3,(H,31,35)(H,32,33)/t22-/m1/s1. The van der Waals surface area contributed by atoms with E-state index in [1.807, 2.05) is 24.3 Å². The molecule has 10 nitrogen and oxygen atoms in total. The van der Waals surface area contributed by atoms with E-state index >= 15 is 0 Å². The molecule has 1 atom stereocenters. The summed E-state index contributed by atoms with van der Waals surface area (Å²) in [5.41, 5.74) is 2.31. The molecule has 1 aromatic heterocycles. The van der Waals surface area contributed by atoms with Crippen LogP contribution in [0.2, 0.25) is 0 Å². The van der Waals surface area contributed by atoms with Crippen molar-refractivity contribution in [2.24, 2.45) is 0 Å². The highest BCUT2D eigenvalue weighted by molar-refractivity contribution is 7.92. The molecule has 0 aliphatic carbocycles. The maximum Gasteiger partial charge on any atom is 0.263 e. The van der Waals surface area contributed by atoms with Gasteiger partial charge in [0.15, 0.2) is 17.5 Å². The van der Waals surface area contributed by atoms with Gasteiger partial charge in [-0.3, -0.25) is 14.2 Å². The maximum atomic E-state index is 13.8. The SMILES string of the molecule is COc1cccc2c1c(NS(=O)(=O)c1ccc(F)c(F)c1)nn2Cc1cccc(CNC(=O)[C@H]2COCCN2)c1. The van der Waals surface area contributed by atoms with Gasteiger partial charge in [-0.05, 0) is 41.5 Å². The molecule has 0 radical (unpaired) electrons. The van der Waals surface area contributed by atoms with E-state index in [4.69, 9.17) is 9.47 Å². The summed E-state index contributed by atoms with van der Waals surface area (Å²) in [7, 11) is -2.85. The number of anilines is 1. The molecule has 0 bridgehead atoms. The highest BCUT2D eigenvalue weighted by atomic mass is 32.2. The topological polar surface area (TPSA) is 124 Å². The van der Waals surface area contributed by atoms with Gasteiger partial charge < -0.3 is 20.1 Å². The van der Waals surface area contributed by atoms with Crippen LogP contribution >= 0.6 is 0 Å². The van der Waals surface area contributed by atoms with E-state index in [1.165, 1.54) is 7.11 Å². The highest BCUT2D eigenvalue weighted by Crippen LogP contribution is 2.34. The molecule has 13 heteroatoms. The Morgan fingerprint density at radius 3 is 2.67 bits per heavy atom. The van der Waals surface area contributed by atoms with Gasteiger partial charge in [0.05, 0.1) is 42.7 Å². The zero-order chi connectivity index (χ0) is 28.3. The Labute approximate surface area is 229 Å². The van der Waals surface area contributed by atoms with Crippen LogP contribution in [-0.4, -0.2) is 57.0 Å². The largest absolute Gasteiger partial charge is 0.496 e.